The first-order valence-electron chi connectivity index (χ1n) is 7.91. The number of aliphatic hydroxyl groups excluding tert-OH is 1. The maximum atomic E-state index is 12.4. The van der Waals surface area contributed by atoms with Crippen LogP contribution in [0.15, 0.2) is 57.9 Å². The van der Waals surface area contributed by atoms with Crippen LogP contribution in [0, 0.1) is 0 Å². The van der Waals surface area contributed by atoms with E-state index in [-0.39, 0.29) is 23.8 Å². The molecule has 0 saturated carbocycles. The molecule has 0 bridgehead atoms. The first-order chi connectivity index (χ1) is 12.1. The zero-order valence-electron chi connectivity index (χ0n) is 14.5. The molecule has 0 saturated heterocycles. The molecular weight excluding hydrogens is 420 g/mol. The first kappa shape index (κ1) is 20.4. The van der Waals surface area contributed by atoms with E-state index >= 15 is 0 Å². The molecule has 140 valence electrons. The van der Waals surface area contributed by atoms with E-state index in [1.807, 2.05) is 0 Å². The molecule has 3 N–H and O–H groups in total. The van der Waals surface area contributed by atoms with Gasteiger partial charge in [-0.1, -0.05) is 24.3 Å². The summed E-state index contributed by atoms with van der Waals surface area (Å²) in [6.45, 7) is 3.30. The highest BCUT2D eigenvalue weighted by atomic mass is 79.9. The van der Waals surface area contributed by atoms with Crippen LogP contribution in [-0.4, -0.2) is 31.6 Å². The highest BCUT2D eigenvalue weighted by Crippen LogP contribution is 2.24. The van der Waals surface area contributed by atoms with Gasteiger partial charge in [-0.25, -0.2) is 8.42 Å². The standard InChI is InChI=1S/C18H21BrN2O4S/c1-18(2,12-22)20-17(23)11-13-7-9-14(10-8-13)21-26(24,25)16-6-4-3-5-15(16)19/h3-10,21-22H,11-12H2,1-2H3,(H,20,23). The number of anilines is 1. The number of rotatable bonds is 7. The summed E-state index contributed by atoms with van der Waals surface area (Å²) in [6.07, 6.45) is 0.140. The van der Waals surface area contributed by atoms with Crippen molar-refractivity contribution in [2.45, 2.75) is 30.7 Å². The molecule has 0 unspecified atom stereocenters. The van der Waals surface area contributed by atoms with Gasteiger partial charge in [0.2, 0.25) is 5.91 Å². The molecule has 8 heteroatoms. The van der Waals surface area contributed by atoms with Crippen molar-refractivity contribution in [1.29, 1.82) is 0 Å². The number of nitrogens with one attached hydrogen (secondary N) is 2. The van der Waals surface area contributed by atoms with Gasteiger partial charge in [-0.05, 0) is 59.6 Å². The lowest BCUT2D eigenvalue weighted by atomic mass is 10.1. The Labute approximate surface area is 161 Å². The molecule has 2 aromatic rings. The molecule has 6 nitrogen and oxygen atoms in total. The number of halogens is 1. The molecular formula is C18H21BrN2O4S. The molecule has 0 fully saturated rings. The lowest BCUT2D eigenvalue weighted by molar-refractivity contribution is -0.122. The Balaban J connectivity index is 2.06. The topological polar surface area (TPSA) is 95.5 Å². The van der Waals surface area contributed by atoms with Gasteiger partial charge in [0.25, 0.3) is 10.0 Å². The van der Waals surface area contributed by atoms with Gasteiger partial charge in [0.15, 0.2) is 0 Å². The summed E-state index contributed by atoms with van der Waals surface area (Å²) in [5, 5.41) is 11.9. The summed E-state index contributed by atoms with van der Waals surface area (Å²) < 4.78 is 27.9. The monoisotopic (exact) mass is 440 g/mol. The van der Waals surface area contributed by atoms with Crippen LogP contribution in [0.1, 0.15) is 19.4 Å². The molecule has 0 heterocycles. The summed E-state index contributed by atoms with van der Waals surface area (Å²) in [7, 11) is -3.71. The minimum atomic E-state index is -3.71. The fourth-order valence-electron chi connectivity index (χ4n) is 2.21. The average molecular weight is 441 g/mol. The molecule has 2 rings (SSSR count). The molecule has 2 aromatic carbocycles. The van der Waals surface area contributed by atoms with Gasteiger partial charge in [-0.3, -0.25) is 9.52 Å². The SMILES string of the molecule is CC(C)(CO)NC(=O)Cc1ccc(NS(=O)(=O)c2ccccc2Br)cc1. The summed E-state index contributed by atoms with van der Waals surface area (Å²) in [6, 6.07) is 13.1. The van der Waals surface area contributed by atoms with Crippen molar-refractivity contribution in [3.05, 3.63) is 58.6 Å². The Morgan fingerprint density at radius 2 is 1.73 bits per heavy atom. The van der Waals surface area contributed by atoms with E-state index in [0.29, 0.717) is 10.2 Å². The zero-order chi connectivity index (χ0) is 19.4. The number of benzene rings is 2. The number of aliphatic hydroxyl groups is 1. The lowest BCUT2D eigenvalue weighted by Gasteiger charge is -2.23. The van der Waals surface area contributed by atoms with Gasteiger partial charge >= 0.3 is 0 Å². The van der Waals surface area contributed by atoms with Crippen molar-refractivity contribution in [3.63, 3.8) is 0 Å². The molecule has 0 aliphatic carbocycles. The van der Waals surface area contributed by atoms with Gasteiger partial charge in [0.1, 0.15) is 4.90 Å². The second kappa shape index (κ2) is 8.20. The van der Waals surface area contributed by atoms with Gasteiger partial charge in [0, 0.05) is 10.2 Å². The van der Waals surface area contributed by atoms with Crippen molar-refractivity contribution < 1.29 is 18.3 Å². The number of carbonyl (C=O) groups is 1. The van der Waals surface area contributed by atoms with Gasteiger partial charge in [-0.15, -0.1) is 0 Å². The first-order valence-corrected chi connectivity index (χ1v) is 10.2. The fourth-order valence-corrected chi connectivity index (χ4v) is 4.27. The van der Waals surface area contributed by atoms with Crippen molar-refractivity contribution in [1.82, 2.24) is 5.32 Å². The lowest BCUT2D eigenvalue weighted by Crippen LogP contribution is -2.46. The fraction of sp³-hybridized carbons (Fsp3) is 0.278. The normalized spacial score (nSPS) is 11.8. The van der Waals surface area contributed by atoms with Crippen LogP contribution in [0.3, 0.4) is 0 Å². The molecule has 0 aliphatic heterocycles. The Morgan fingerprint density at radius 1 is 1.12 bits per heavy atom. The summed E-state index contributed by atoms with van der Waals surface area (Å²) >= 11 is 3.23. The summed E-state index contributed by atoms with van der Waals surface area (Å²) in [4.78, 5) is 12.1. The third-order valence-corrected chi connectivity index (χ3v) is 5.96. The van der Waals surface area contributed by atoms with Crippen LogP contribution in [-0.2, 0) is 21.2 Å². The average Bonchev–Trinajstić information content (AvgIpc) is 2.56. The highest BCUT2D eigenvalue weighted by Gasteiger charge is 2.19. The molecule has 0 spiro atoms. The van der Waals surface area contributed by atoms with Crippen molar-refractivity contribution in [2.24, 2.45) is 0 Å². The maximum absolute atomic E-state index is 12.4. The molecule has 0 aromatic heterocycles. The second-order valence-electron chi connectivity index (χ2n) is 6.50. The zero-order valence-corrected chi connectivity index (χ0v) is 16.9. The van der Waals surface area contributed by atoms with E-state index < -0.39 is 15.6 Å². The maximum Gasteiger partial charge on any atom is 0.263 e. The van der Waals surface area contributed by atoms with E-state index in [1.165, 1.54) is 6.07 Å². The highest BCUT2D eigenvalue weighted by molar-refractivity contribution is 9.10. The minimum Gasteiger partial charge on any atom is -0.394 e. The van der Waals surface area contributed by atoms with Crippen LogP contribution in [0.4, 0.5) is 5.69 Å². The van der Waals surface area contributed by atoms with E-state index in [2.05, 4.69) is 26.0 Å². The number of hydrogen-bond acceptors (Lipinski definition) is 4. The van der Waals surface area contributed by atoms with E-state index in [0.717, 1.165) is 5.56 Å². The van der Waals surface area contributed by atoms with Gasteiger partial charge < -0.3 is 10.4 Å². The Morgan fingerprint density at radius 3 is 2.31 bits per heavy atom. The van der Waals surface area contributed by atoms with Crippen molar-refractivity contribution in [3.8, 4) is 0 Å². The molecule has 0 radical (unpaired) electrons. The van der Waals surface area contributed by atoms with Crippen LogP contribution < -0.4 is 10.0 Å². The minimum absolute atomic E-state index is 0.140. The number of sulfonamides is 1. The molecule has 1 amide bonds. The Kier molecular flexibility index (Phi) is 6.44. The molecule has 26 heavy (non-hydrogen) atoms. The number of hydrogen-bond donors (Lipinski definition) is 3. The Hall–Kier alpha value is -1.90. The van der Waals surface area contributed by atoms with E-state index in [9.17, 15) is 18.3 Å². The van der Waals surface area contributed by atoms with Crippen LogP contribution in [0.2, 0.25) is 0 Å². The van der Waals surface area contributed by atoms with Crippen LogP contribution in [0.25, 0.3) is 0 Å². The van der Waals surface area contributed by atoms with Crippen LogP contribution in [0.5, 0.6) is 0 Å². The van der Waals surface area contributed by atoms with Gasteiger partial charge in [0.05, 0.1) is 18.6 Å². The summed E-state index contributed by atoms with van der Waals surface area (Å²) in [5.41, 5.74) is 0.455. The predicted molar refractivity (Wildman–Crippen MR) is 104 cm³/mol. The smallest absolute Gasteiger partial charge is 0.263 e. The van der Waals surface area contributed by atoms with E-state index in [1.54, 1.807) is 56.3 Å². The predicted octanol–water partition coefficient (Wildman–Crippen LogP) is 2.68. The number of amides is 1. The third-order valence-electron chi connectivity index (χ3n) is 3.57. The van der Waals surface area contributed by atoms with Crippen LogP contribution >= 0.6 is 15.9 Å². The van der Waals surface area contributed by atoms with Crippen molar-refractivity contribution >= 4 is 37.5 Å². The number of carbonyl (C=O) groups excluding carboxylic acids is 1. The summed E-state index contributed by atoms with van der Waals surface area (Å²) in [5.74, 6) is -0.217. The second-order valence-corrected chi connectivity index (χ2v) is 9.00. The Bertz CT molecular complexity index is 880. The quantitative estimate of drug-likeness (QED) is 0.616. The van der Waals surface area contributed by atoms with Crippen molar-refractivity contribution in [2.75, 3.05) is 11.3 Å². The molecule has 0 atom stereocenters. The third kappa shape index (κ3) is 5.55. The largest absolute Gasteiger partial charge is 0.394 e. The molecule has 0 aliphatic rings. The van der Waals surface area contributed by atoms with Gasteiger partial charge in [-0.2, -0.15) is 0 Å². The van der Waals surface area contributed by atoms with E-state index in [4.69, 9.17) is 0 Å².